The van der Waals surface area contributed by atoms with Crippen molar-refractivity contribution in [3.05, 3.63) is 54.1 Å². The van der Waals surface area contributed by atoms with E-state index >= 15 is 0 Å². The first-order valence-corrected chi connectivity index (χ1v) is 10.5. The number of amides is 3. The Morgan fingerprint density at radius 1 is 1.03 bits per heavy atom. The number of nitrogens with two attached hydrogens (primary N) is 1. The molecule has 0 aromatic heterocycles. The van der Waals surface area contributed by atoms with Gasteiger partial charge in [0.15, 0.2) is 6.29 Å². The van der Waals surface area contributed by atoms with Gasteiger partial charge in [-0.1, -0.05) is 24.3 Å². The number of nitrogens with zero attached hydrogens (tertiary/aromatic N) is 1. The Morgan fingerprint density at radius 2 is 1.69 bits per heavy atom. The van der Waals surface area contributed by atoms with Crippen molar-refractivity contribution in [1.29, 1.82) is 0 Å². The predicted molar refractivity (Wildman–Crippen MR) is 124 cm³/mol. The lowest BCUT2D eigenvalue weighted by molar-refractivity contribution is -0.128. The second-order valence-corrected chi connectivity index (χ2v) is 6.73. The van der Waals surface area contributed by atoms with Gasteiger partial charge in [0.25, 0.3) is 0 Å². The summed E-state index contributed by atoms with van der Waals surface area (Å²) in [6.45, 7) is 4.92. The van der Waals surface area contributed by atoms with Crippen molar-refractivity contribution in [2.75, 3.05) is 43.6 Å². The maximum Gasteiger partial charge on any atom is 0.322 e. The number of hydrogen-bond acceptors (Lipinski definition) is 6. The van der Waals surface area contributed by atoms with Crippen molar-refractivity contribution in [2.24, 2.45) is 5.73 Å². The van der Waals surface area contributed by atoms with E-state index in [0.29, 0.717) is 36.9 Å². The number of nitrogens with one attached hydrogen (secondary N) is 2. The van der Waals surface area contributed by atoms with Crippen LogP contribution in [0.5, 0.6) is 5.75 Å². The third-order valence-corrected chi connectivity index (χ3v) is 4.55. The number of hydrogen-bond donors (Lipinski definition) is 3. The molecule has 2 aromatic carbocycles. The van der Waals surface area contributed by atoms with Crippen LogP contribution < -0.4 is 26.0 Å². The lowest BCUT2D eigenvalue weighted by atomic mass is 10.2. The van der Waals surface area contributed by atoms with Crippen molar-refractivity contribution >= 4 is 23.3 Å². The molecule has 0 saturated heterocycles. The Morgan fingerprint density at radius 3 is 2.28 bits per heavy atom. The summed E-state index contributed by atoms with van der Waals surface area (Å²) in [6.07, 6.45) is -0.604. The van der Waals surface area contributed by atoms with E-state index < -0.39 is 12.3 Å². The number of benzene rings is 2. The Hall–Kier alpha value is -3.14. The van der Waals surface area contributed by atoms with Gasteiger partial charge in [-0.25, -0.2) is 4.79 Å². The molecule has 2 aromatic rings. The van der Waals surface area contributed by atoms with Crippen LogP contribution in [-0.2, 0) is 20.8 Å². The lowest BCUT2D eigenvalue weighted by Crippen LogP contribution is -2.47. The zero-order valence-electron chi connectivity index (χ0n) is 18.8. The molecule has 174 valence electrons. The van der Waals surface area contributed by atoms with Crippen molar-refractivity contribution < 1.29 is 23.8 Å². The average Bonchev–Trinajstić information content (AvgIpc) is 2.81. The minimum Gasteiger partial charge on any atom is -0.495 e. The van der Waals surface area contributed by atoms with Crippen molar-refractivity contribution in [3.63, 3.8) is 0 Å². The second-order valence-electron chi connectivity index (χ2n) is 6.73. The number of urea groups is 1. The van der Waals surface area contributed by atoms with Gasteiger partial charge in [0, 0.05) is 25.4 Å². The molecule has 0 aliphatic rings. The smallest absolute Gasteiger partial charge is 0.322 e. The van der Waals surface area contributed by atoms with Crippen LogP contribution in [0, 0.1) is 0 Å². The number of methoxy groups -OCH3 is 1. The molecule has 0 unspecified atom stereocenters. The zero-order chi connectivity index (χ0) is 23.3. The Balaban J connectivity index is 2.09. The van der Waals surface area contributed by atoms with Crippen LogP contribution in [0.25, 0.3) is 0 Å². The van der Waals surface area contributed by atoms with E-state index in [1.165, 1.54) is 12.0 Å². The van der Waals surface area contributed by atoms with Crippen LogP contribution in [0.4, 0.5) is 16.2 Å². The van der Waals surface area contributed by atoms with Gasteiger partial charge in [0.05, 0.1) is 25.9 Å². The third kappa shape index (κ3) is 7.52. The van der Waals surface area contributed by atoms with Gasteiger partial charge in [-0.3, -0.25) is 9.69 Å². The minimum atomic E-state index is -0.604. The molecule has 9 heteroatoms. The van der Waals surface area contributed by atoms with Crippen LogP contribution in [-0.4, -0.2) is 51.6 Å². The van der Waals surface area contributed by atoms with E-state index in [1.54, 1.807) is 36.4 Å². The highest BCUT2D eigenvalue weighted by Gasteiger charge is 2.22. The monoisotopic (exact) mass is 444 g/mol. The second kappa shape index (κ2) is 13.3. The first-order chi connectivity index (χ1) is 15.5. The van der Waals surface area contributed by atoms with Crippen molar-refractivity contribution in [2.45, 2.75) is 26.7 Å². The summed E-state index contributed by atoms with van der Waals surface area (Å²) < 4.78 is 16.4. The lowest BCUT2D eigenvalue weighted by Gasteiger charge is -2.27. The van der Waals surface area contributed by atoms with Crippen LogP contribution in [0.3, 0.4) is 0 Å². The molecule has 0 spiro atoms. The summed E-state index contributed by atoms with van der Waals surface area (Å²) in [5.74, 6) is 0.150. The Labute approximate surface area is 188 Å². The number of carbonyl (C=O) groups is 2. The average molecular weight is 445 g/mol. The van der Waals surface area contributed by atoms with Crippen LogP contribution in [0.1, 0.15) is 19.4 Å². The van der Waals surface area contributed by atoms with Gasteiger partial charge in [0.2, 0.25) is 5.91 Å². The number of rotatable bonds is 12. The van der Waals surface area contributed by atoms with Gasteiger partial charge < -0.3 is 30.6 Å². The first kappa shape index (κ1) is 25.1. The highest BCUT2D eigenvalue weighted by atomic mass is 16.7. The minimum absolute atomic E-state index is 0.156. The Bertz CT molecular complexity index is 854. The maximum atomic E-state index is 13.0. The van der Waals surface area contributed by atoms with Gasteiger partial charge in [-0.05, 0) is 43.7 Å². The molecular weight excluding hydrogens is 412 g/mol. The Kier molecular flexibility index (Phi) is 10.5. The highest BCUT2D eigenvalue weighted by Crippen LogP contribution is 2.22. The van der Waals surface area contributed by atoms with Crippen LogP contribution >= 0.6 is 0 Å². The highest BCUT2D eigenvalue weighted by molar-refractivity contribution is 5.98. The SMILES string of the molecule is CCOC(CN(C(=O)NCC(=O)Nc1ccccc1OC)c1ccc(CN)cc1)OCC. The molecule has 3 amide bonds. The summed E-state index contributed by atoms with van der Waals surface area (Å²) in [7, 11) is 1.52. The number of para-hydroxylation sites is 2. The molecule has 0 heterocycles. The fraction of sp³-hybridized carbons (Fsp3) is 0.391. The van der Waals surface area contributed by atoms with Crippen molar-refractivity contribution in [1.82, 2.24) is 5.32 Å². The first-order valence-electron chi connectivity index (χ1n) is 10.5. The molecule has 0 atom stereocenters. The molecule has 2 rings (SSSR count). The van der Waals surface area contributed by atoms with E-state index in [-0.39, 0.29) is 19.0 Å². The van der Waals surface area contributed by atoms with E-state index in [4.69, 9.17) is 19.9 Å². The van der Waals surface area contributed by atoms with Crippen LogP contribution in [0.15, 0.2) is 48.5 Å². The third-order valence-electron chi connectivity index (χ3n) is 4.55. The van der Waals surface area contributed by atoms with E-state index in [2.05, 4.69) is 10.6 Å². The molecule has 0 radical (unpaired) electrons. The fourth-order valence-electron chi connectivity index (χ4n) is 2.99. The maximum absolute atomic E-state index is 13.0. The molecule has 32 heavy (non-hydrogen) atoms. The number of ether oxygens (including phenoxy) is 3. The van der Waals surface area contributed by atoms with Gasteiger partial charge in [-0.15, -0.1) is 0 Å². The molecular formula is C23H32N4O5. The summed E-state index contributed by atoms with van der Waals surface area (Å²) in [6, 6.07) is 13.9. The molecule has 0 bridgehead atoms. The van der Waals surface area contributed by atoms with E-state index in [1.807, 2.05) is 26.0 Å². The molecule has 0 aliphatic carbocycles. The van der Waals surface area contributed by atoms with Gasteiger partial charge in [0.1, 0.15) is 5.75 Å². The topological polar surface area (TPSA) is 115 Å². The van der Waals surface area contributed by atoms with Crippen molar-refractivity contribution in [3.8, 4) is 5.75 Å². The summed E-state index contributed by atoms with van der Waals surface area (Å²) in [5, 5.41) is 5.39. The number of carbonyl (C=O) groups excluding carboxylic acids is 2. The molecule has 4 N–H and O–H groups in total. The summed E-state index contributed by atoms with van der Waals surface area (Å²) >= 11 is 0. The quantitative estimate of drug-likeness (QED) is 0.434. The number of anilines is 2. The molecule has 9 nitrogen and oxygen atoms in total. The van der Waals surface area contributed by atoms with E-state index in [0.717, 1.165) is 5.56 Å². The largest absolute Gasteiger partial charge is 0.495 e. The normalized spacial score (nSPS) is 10.7. The zero-order valence-corrected chi connectivity index (χ0v) is 18.8. The fourth-order valence-corrected chi connectivity index (χ4v) is 2.99. The van der Waals surface area contributed by atoms with E-state index in [9.17, 15) is 9.59 Å². The molecule has 0 saturated carbocycles. The van der Waals surface area contributed by atoms with Gasteiger partial charge >= 0.3 is 6.03 Å². The van der Waals surface area contributed by atoms with Crippen LogP contribution in [0.2, 0.25) is 0 Å². The molecule has 0 aliphatic heterocycles. The summed E-state index contributed by atoms with van der Waals surface area (Å²) in [5.41, 5.74) is 7.77. The predicted octanol–water partition coefficient (Wildman–Crippen LogP) is 2.71. The summed E-state index contributed by atoms with van der Waals surface area (Å²) in [4.78, 5) is 26.9. The molecule has 0 fully saturated rings. The standard InChI is InChI=1S/C23H32N4O5/c1-4-31-22(32-5-2)16-27(18-12-10-17(14-24)11-13-18)23(29)25-15-21(28)26-19-8-6-7-9-20(19)30-3/h6-13,22H,4-5,14-16,24H2,1-3H3,(H,25,29)(H,26,28). The van der Waals surface area contributed by atoms with Gasteiger partial charge in [-0.2, -0.15) is 0 Å².